The molecule has 3 N–H and O–H groups in total. The Labute approximate surface area is 154 Å². The highest BCUT2D eigenvalue weighted by Crippen LogP contribution is 2.19. The van der Waals surface area contributed by atoms with Gasteiger partial charge in [-0.05, 0) is 38.1 Å². The van der Waals surface area contributed by atoms with Crippen LogP contribution in [-0.2, 0) is 9.47 Å². The third-order valence-electron chi connectivity index (χ3n) is 3.34. The number of nitrogens with zero attached hydrogens (tertiary/aromatic N) is 1. The van der Waals surface area contributed by atoms with Crippen LogP contribution in [0.5, 0.6) is 17.5 Å². The smallest absolute Gasteiger partial charge is 0.492 e. The largest absolute Gasteiger partial charge is 0.539 e. The predicted octanol–water partition coefficient (Wildman–Crippen LogP) is 1.61. The van der Waals surface area contributed by atoms with Gasteiger partial charge in [0.15, 0.2) is 6.29 Å². The molecule has 0 saturated heterocycles. The highest BCUT2D eigenvalue weighted by atomic mass is 16.8. The van der Waals surface area contributed by atoms with E-state index in [2.05, 4.69) is 10.2 Å². The Balaban J connectivity index is 1.90. The number of benzene rings is 1. The Hall–Kier alpha value is -3.24. The number of hydrogen-bond donors (Lipinski definition) is 3. The van der Waals surface area contributed by atoms with Gasteiger partial charge in [0.05, 0.1) is 0 Å². The van der Waals surface area contributed by atoms with Crippen molar-refractivity contribution < 1.29 is 38.9 Å². The molecule has 2 rings (SSSR count). The summed E-state index contributed by atoms with van der Waals surface area (Å²) in [5.41, 5.74) is 0.317. The molecule has 1 aromatic carbocycles. The van der Waals surface area contributed by atoms with Crippen LogP contribution in [-0.4, -0.2) is 46.6 Å². The summed E-state index contributed by atoms with van der Waals surface area (Å²) < 4.78 is 15.7. The summed E-state index contributed by atoms with van der Waals surface area (Å²) >= 11 is 0. The number of carbonyl (C=O) groups is 2. The molecule has 0 saturated carbocycles. The lowest BCUT2D eigenvalue weighted by molar-refractivity contribution is -0.143. The van der Waals surface area contributed by atoms with Crippen LogP contribution in [0.25, 0.3) is 0 Å². The average molecular weight is 380 g/mol. The molecule has 0 aliphatic rings. The molecule has 0 bridgehead atoms. The molecule has 0 spiro atoms. The minimum absolute atomic E-state index is 0.0972. The van der Waals surface area contributed by atoms with E-state index in [4.69, 9.17) is 14.2 Å². The van der Waals surface area contributed by atoms with Crippen molar-refractivity contribution in [3.05, 3.63) is 42.0 Å². The highest BCUT2D eigenvalue weighted by molar-refractivity contribution is 5.94. The molecular weight excluding hydrogens is 360 g/mol. The van der Waals surface area contributed by atoms with Gasteiger partial charge < -0.3 is 29.7 Å². The highest BCUT2D eigenvalue weighted by Gasteiger charge is 2.15. The predicted molar refractivity (Wildman–Crippen MR) is 91.3 cm³/mol. The first kappa shape index (κ1) is 20.1. The number of methoxy groups -OCH3 is 1. The molecule has 0 radical (unpaired) electrons. The summed E-state index contributed by atoms with van der Waals surface area (Å²) in [6.07, 6.45) is -2.23. The van der Waals surface area contributed by atoms with Gasteiger partial charge in [-0.2, -0.15) is 0 Å². The first-order valence-corrected chi connectivity index (χ1v) is 7.89. The number of nitrogens with one attached hydrogen (secondary N) is 1. The number of rotatable bonds is 7. The fraction of sp³-hybridized carbons (Fsp3) is 0.294. The van der Waals surface area contributed by atoms with E-state index < -0.39 is 30.4 Å². The molecule has 0 fully saturated rings. The SMILES string of the molecule is COC(C)OC(C)NC(=O)c1ccc(OC(=O)On2c(O)ccc2O)cc1. The minimum atomic E-state index is -1.19. The van der Waals surface area contributed by atoms with Crippen LogP contribution in [0.2, 0.25) is 0 Å². The van der Waals surface area contributed by atoms with Crippen molar-refractivity contribution in [2.24, 2.45) is 0 Å². The number of ether oxygens (including phenoxy) is 3. The molecule has 0 aliphatic carbocycles. The zero-order chi connectivity index (χ0) is 20.0. The number of hydrogen-bond acceptors (Lipinski definition) is 8. The normalized spacial score (nSPS) is 12.9. The maximum Gasteiger partial charge on any atom is 0.539 e. The molecular formula is C17H20N2O8. The average Bonchev–Trinajstić information content (AvgIpc) is 2.93. The molecule has 2 aromatic rings. The summed E-state index contributed by atoms with van der Waals surface area (Å²) in [4.78, 5) is 28.5. The quantitative estimate of drug-likeness (QED) is 0.375. The van der Waals surface area contributed by atoms with Crippen molar-refractivity contribution in [3.8, 4) is 17.5 Å². The van der Waals surface area contributed by atoms with Gasteiger partial charge in [-0.25, -0.2) is 4.79 Å². The van der Waals surface area contributed by atoms with Gasteiger partial charge in [0.1, 0.15) is 12.0 Å². The van der Waals surface area contributed by atoms with E-state index >= 15 is 0 Å². The van der Waals surface area contributed by atoms with Crippen LogP contribution in [0.15, 0.2) is 36.4 Å². The van der Waals surface area contributed by atoms with E-state index in [9.17, 15) is 19.8 Å². The molecule has 0 aliphatic heterocycles. The summed E-state index contributed by atoms with van der Waals surface area (Å²) in [6.45, 7) is 3.36. The Morgan fingerprint density at radius 2 is 1.63 bits per heavy atom. The van der Waals surface area contributed by atoms with E-state index in [0.29, 0.717) is 10.3 Å². The lowest BCUT2D eigenvalue weighted by Crippen LogP contribution is -2.37. The van der Waals surface area contributed by atoms with E-state index in [-0.39, 0.29) is 11.7 Å². The van der Waals surface area contributed by atoms with E-state index in [1.807, 2.05) is 0 Å². The maximum absolute atomic E-state index is 12.1. The Bertz CT molecular complexity index is 767. The zero-order valence-corrected chi connectivity index (χ0v) is 14.9. The second-order valence-electron chi connectivity index (χ2n) is 5.37. The molecule has 10 heteroatoms. The summed E-state index contributed by atoms with van der Waals surface area (Å²) in [5, 5.41) is 21.4. The number of carbonyl (C=O) groups excluding carboxylic acids is 2. The van der Waals surface area contributed by atoms with Crippen LogP contribution in [0.4, 0.5) is 4.79 Å². The fourth-order valence-electron chi connectivity index (χ4n) is 2.00. The van der Waals surface area contributed by atoms with Crippen molar-refractivity contribution in [2.75, 3.05) is 7.11 Å². The Kier molecular flexibility index (Phi) is 6.63. The topological polar surface area (TPSA) is 128 Å². The molecule has 10 nitrogen and oxygen atoms in total. The van der Waals surface area contributed by atoms with E-state index in [1.165, 1.54) is 31.4 Å². The lowest BCUT2D eigenvalue weighted by atomic mass is 10.2. The Morgan fingerprint density at radius 3 is 2.19 bits per heavy atom. The van der Waals surface area contributed by atoms with Gasteiger partial charge >= 0.3 is 6.16 Å². The van der Waals surface area contributed by atoms with E-state index in [1.54, 1.807) is 13.8 Å². The van der Waals surface area contributed by atoms with Crippen molar-refractivity contribution >= 4 is 12.1 Å². The monoisotopic (exact) mass is 380 g/mol. The van der Waals surface area contributed by atoms with Crippen LogP contribution < -0.4 is 14.9 Å². The molecule has 1 amide bonds. The van der Waals surface area contributed by atoms with Gasteiger partial charge in [-0.1, -0.05) is 0 Å². The zero-order valence-electron chi connectivity index (χ0n) is 14.9. The van der Waals surface area contributed by atoms with Gasteiger partial charge in [0.2, 0.25) is 11.8 Å². The maximum atomic E-state index is 12.1. The standard InChI is InChI=1S/C17H20N2O8/c1-10(25-11(2)24-3)18-16(22)12-4-6-13(7-5-12)26-17(23)27-19-14(20)8-9-15(19)21/h4-11,20-21H,1-3H3,(H,18,22). The second-order valence-corrected chi connectivity index (χ2v) is 5.37. The van der Waals surface area contributed by atoms with E-state index in [0.717, 1.165) is 12.1 Å². The molecule has 1 aromatic heterocycles. The van der Waals surface area contributed by atoms with Crippen LogP contribution in [0.1, 0.15) is 24.2 Å². The van der Waals surface area contributed by atoms with Crippen LogP contribution >= 0.6 is 0 Å². The first-order valence-electron chi connectivity index (χ1n) is 7.89. The van der Waals surface area contributed by atoms with Gasteiger partial charge in [-0.3, -0.25) is 9.63 Å². The summed E-state index contributed by atoms with van der Waals surface area (Å²) in [7, 11) is 1.49. The van der Waals surface area contributed by atoms with Crippen molar-refractivity contribution in [1.29, 1.82) is 0 Å². The van der Waals surface area contributed by atoms with Crippen molar-refractivity contribution in [3.63, 3.8) is 0 Å². The number of aromatic hydroxyl groups is 2. The molecule has 1 heterocycles. The van der Waals surface area contributed by atoms with Gasteiger partial charge in [-0.15, -0.1) is 4.73 Å². The van der Waals surface area contributed by atoms with Gasteiger partial charge in [0.25, 0.3) is 5.91 Å². The third-order valence-corrected chi connectivity index (χ3v) is 3.34. The first-order chi connectivity index (χ1) is 12.8. The van der Waals surface area contributed by atoms with Crippen LogP contribution in [0, 0.1) is 0 Å². The number of amides is 1. The Morgan fingerprint density at radius 1 is 1.04 bits per heavy atom. The molecule has 2 atom stereocenters. The third kappa shape index (κ3) is 5.62. The molecule has 27 heavy (non-hydrogen) atoms. The second kappa shape index (κ2) is 8.92. The lowest BCUT2D eigenvalue weighted by Gasteiger charge is -2.19. The van der Waals surface area contributed by atoms with Crippen molar-refractivity contribution in [2.45, 2.75) is 26.4 Å². The molecule has 2 unspecified atom stereocenters. The molecule has 146 valence electrons. The van der Waals surface area contributed by atoms with Crippen molar-refractivity contribution in [1.82, 2.24) is 10.0 Å². The number of aromatic nitrogens is 1. The fourth-order valence-corrected chi connectivity index (χ4v) is 2.00. The summed E-state index contributed by atoms with van der Waals surface area (Å²) in [6, 6.07) is 7.91. The van der Waals surface area contributed by atoms with Crippen LogP contribution in [0.3, 0.4) is 0 Å². The minimum Gasteiger partial charge on any atom is -0.492 e. The summed E-state index contributed by atoms with van der Waals surface area (Å²) in [5.74, 6) is -1.24. The van der Waals surface area contributed by atoms with Gasteiger partial charge in [0, 0.05) is 24.8 Å².